The maximum Gasteiger partial charge on any atom is 0.143 e. The molecule has 5 heteroatoms. The van der Waals surface area contributed by atoms with E-state index in [1.54, 1.807) is 0 Å². The van der Waals surface area contributed by atoms with Crippen LogP contribution in [0.2, 0.25) is 0 Å². The third-order valence-corrected chi connectivity index (χ3v) is 3.67. The van der Waals surface area contributed by atoms with Gasteiger partial charge in [-0.25, -0.2) is 4.68 Å². The molecule has 0 spiro atoms. The Labute approximate surface area is 108 Å². The molecule has 94 valence electrons. The van der Waals surface area contributed by atoms with Crippen LogP contribution in [0.15, 0.2) is 0 Å². The predicted octanol–water partition coefficient (Wildman–Crippen LogP) is 2.37. The molecule has 17 heavy (non-hydrogen) atoms. The normalized spacial score (nSPS) is 15.8. The van der Waals surface area contributed by atoms with Crippen molar-refractivity contribution in [2.75, 3.05) is 0 Å². The lowest BCUT2D eigenvalue weighted by molar-refractivity contribution is 0.383. The predicted molar refractivity (Wildman–Crippen MR) is 72.0 cm³/mol. The van der Waals surface area contributed by atoms with E-state index in [-0.39, 0.29) is 0 Å². The molecule has 1 fully saturated rings. The van der Waals surface area contributed by atoms with Crippen molar-refractivity contribution in [3.8, 4) is 0 Å². The molecule has 0 aromatic carbocycles. The van der Waals surface area contributed by atoms with Gasteiger partial charge in [-0.15, -0.1) is 5.10 Å². The van der Waals surface area contributed by atoms with Crippen LogP contribution in [0, 0.1) is 0 Å². The monoisotopic (exact) mass is 252 g/mol. The fourth-order valence-corrected chi connectivity index (χ4v) is 2.40. The molecule has 0 unspecified atom stereocenters. The number of aromatic nitrogens is 3. The summed E-state index contributed by atoms with van der Waals surface area (Å²) < 4.78 is 2.02. The molecule has 0 aliphatic heterocycles. The Morgan fingerprint density at radius 2 is 2.24 bits per heavy atom. The highest BCUT2D eigenvalue weighted by molar-refractivity contribution is 7.80. The molecule has 0 amide bonds. The van der Waals surface area contributed by atoms with E-state index in [2.05, 4.69) is 17.2 Å². The minimum atomic E-state index is 0.383. The van der Waals surface area contributed by atoms with Crippen molar-refractivity contribution in [2.24, 2.45) is 5.73 Å². The van der Waals surface area contributed by atoms with Crippen LogP contribution in [-0.2, 0) is 6.54 Å². The molecule has 2 N–H and O–H groups in total. The maximum atomic E-state index is 5.71. The van der Waals surface area contributed by atoms with Gasteiger partial charge in [-0.1, -0.05) is 43.6 Å². The number of unbranched alkanes of at least 4 members (excludes halogenated alkanes) is 2. The summed E-state index contributed by atoms with van der Waals surface area (Å²) in [5.74, 6) is 0.572. The molecule has 0 saturated heterocycles. The number of aryl methyl sites for hydroxylation is 1. The fourth-order valence-electron chi connectivity index (χ4n) is 2.26. The second-order valence-electron chi connectivity index (χ2n) is 4.75. The summed E-state index contributed by atoms with van der Waals surface area (Å²) in [7, 11) is 0. The van der Waals surface area contributed by atoms with Gasteiger partial charge in [0.25, 0.3) is 0 Å². The first-order valence-corrected chi connectivity index (χ1v) is 6.88. The summed E-state index contributed by atoms with van der Waals surface area (Å²) in [4.78, 5) is 0.383. The van der Waals surface area contributed by atoms with Crippen molar-refractivity contribution >= 4 is 17.2 Å². The lowest BCUT2D eigenvalue weighted by atomic mass is 9.82. The fraction of sp³-hybridized carbons (Fsp3) is 0.750. The van der Waals surface area contributed by atoms with Crippen molar-refractivity contribution < 1.29 is 0 Å². The smallest absolute Gasteiger partial charge is 0.143 e. The molecule has 0 bridgehead atoms. The maximum absolute atomic E-state index is 5.71. The molecule has 1 heterocycles. The van der Waals surface area contributed by atoms with Gasteiger partial charge < -0.3 is 5.73 Å². The highest BCUT2D eigenvalue weighted by Crippen LogP contribution is 2.37. The van der Waals surface area contributed by atoms with E-state index >= 15 is 0 Å². The number of nitrogens with zero attached hydrogens (tertiary/aromatic N) is 3. The van der Waals surface area contributed by atoms with Gasteiger partial charge in [-0.3, -0.25) is 0 Å². The molecule has 1 aromatic rings. The van der Waals surface area contributed by atoms with E-state index < -0.39 is 0 Å². The molecule has 1 aliphatic carbocycles. The van der Waals surface area contributed by atoms with Crippen molar-refractivity contribution in [3.63, 3.8) is 0 Å². The molecule has 0 atom stereocenters. The van der Waals surface area contributed by atoms with Gasteiger partial charge in [-0.2, -0.15) is 0 Å². The molecule has 0 radical (unpaired) electrons. The van der Waals surface area contributed by atoms with Crippen LogP contribution in [0.1, 0.15) is 62.8 Å². The van der Waals surface area contributed by atoms with E-state index in [1.807, 2.05) is 4.68 Å². The Kier molecular flexibility index (Phi) is 4.10. The third kappa shape index (κ3) is 2.65. The highest BCUT2D eigenvalue weighted by atomic mass is 32.1. The average Bonchev–Trinajstić information content (AvgIpc) is 2.60. The quantitative estimate of drug-likeness (QED) is 0.624. The summed E-state index contributed by atoms with van der Waals surface area (Å²) in [5, 5.41) is 8.36. The molecule has 1 aromatic heterocycles. The topological polar surface area (TPSA) is 56.7 Å². The zero-order valence-corrected chi connectivity index (χ0v) is 11.2. The van der Waals surface area contributed by atoms with Gasteiger partial charge in [0.05, 0.1) is 5.69 Å². The Morgan fingerprint density at radius 3 is 2.76 bits per heavy atom. The van der Waals surface area contributed by atoms with E-state index in [0.717, 1.165) is 18.7 Å². The van der Waals surface area contributed by atoms with Crippen molar-refractivity contribution in [1.82, 2.24) is 15.0 Å². The SMILES string of the molecule is CCCCCn1nnc(C(N)=S)c1C1CCC1. The van der Waals surface area contributed by atoms with E-state index in [4.69, 9.17) is 18.0 Å². The van der Waals surface area contributed by atoms with Gasteiger partial charge in [0.1, 0.15) is 10.7 Å². The minimum absolute atomic E-state index is 0.383. The Balaban J connectivity index is 2.16. The van der Waals surface area contributed by atoms with Crippen molar-refractivity contribution in [2.45, 2.75) is 57.9 Å². The molecule has 4 nitrogen and oxygen atoms in total. The van der Waals surface area contributed by atoms with Crippen LogP contribution in [0.3, 0.4) is 0 Å². The number of thiocarbonyl (C=S) groups is 1. The highest BCUT2D eigenvalue weighted by Gasteiger charge is 2.28. The van der Waals surface area contributed by atoms with Gasteiger partial charge in [0.2, 0.25) is 0 Å². The van der Waals surface area contributed by atoms with Crippen molar-refractivity contribution in [3.05, 3.63) is 11.4 Å². The van der Waals surface area contributed by atoms with Gasteiger partial charge in [-0.05, 0) is 19.3 Å². The zero-order chi connectivity index (χ0) is 12.3. The molecular formula is C12H20N4S. The minimum Gasteiger partial charge on any atom is -0.388 e. The number of nitrogens with two attached hydrogens (primary N) is 1. The Hall–Kier alpha value is -0.970. The first kappa shape index (κ1) is 12.5. The van der Waals surface area contributed by atoms with Gasteiger partial charge in [0, 0.05) is 12.5 Å². The molecule has 1 saturated carbocycles. The Bertz CT molecular complexity index is 395. The summed E-state index contributed by atoms with van der Waals surface area (Å²) in [6.45, 7) is 3.14. The van der Waals surface area contributed by atoms with Crippen LogP contribution >= 0.6 is 12.2 Å². The first-order chi connectivity index (χ1) is 8.24. The van der Waals surface area contributed by atoms with Crippen LogP contribution < -0.4 is 5.73 Å². The first-order valence-electron chi connectivity index (χ1n) is 6.47. The van der Waals surface area contributed by atoms with Gasteiger partial charge >= 0.3 is 0 Å². The van der Waals surface area contributed by atoms with E-state index in [1.165, 1.54) is 37.8 Å². The zero-order valence-electron chi connectivity index (χ0n) is 10.4. The van der Waals surface area contributed by atoms with Crippen LogP contribution in [0.25, 0.3) is 0 Å². The standard InChI is InChI=1S/C12H20N4S/c1-2-3-4-8-16-11(9-6-5-7-9)10(12(13)17)14-15-16/h9H,2-8H2,1H3,(H2,13,17). The Morgan fingerprint density at radius 1 is 1.47 bits per heavy atom. The summed E-state index contributed by atoms with van der Waals surface area (Å²) >= 11 is 5.05. The van der Waals surface area contributed by atoms with E-state index in [0.29, 0.717) is 10.9 Å². The van der Waals surface area contributed by atoms with E-state index in [9.17, 15) is 0 Å². The second-order valence-corrected chi connectivity index (χ2v) is 5.19. The average molecular weight is 252 g/mol. The van der Waals surface area contributed by atoms with Crippen LogP contribution in [0.4, 0.5) is 0 Å². The molecular weight excluding hydrogens is 232 g/mol. The summed E-state index contributed by atoms with van der Waals surface area (Å²) in [6, 6.07) is 0. The molecule has 1 aliphatic rings. The lowest BCUT2D eigenvalue weighted by Gasteiger charge is -2.26. The number of hydrogen-bond acceptors (Lipinski definition) is 3. The summed E-state index contributed by atoms with van der Waals surface area (Å²) in [5.41, 5.74) is 7.65. The van der Waals surface area contributed by atoms with Gasteiger partial charge in [0.15, 0.2) is 0 Å². The van der Waals surface area contributed by atoms with Crippen LogP contribution in [-0.4, -0.2) is 20.0 Å². The van der Waals surface area contributed by atoms with Crippen LogP contribution in [0.5, 0.6) is 0 Å². The third-order valence-electron chi connectivity index (χ3n) is 3.47. The largest absolute Gasteiger partial charge is 0.388 e. The summed E-state index contributed by atoms with van der Waals surface area (Å²) in [6.07, 6.45) is 7.33. The lowest BCUT2D eigenvalue weighted by Crippen LogP contribution is -2.20. The molecule has 2 rings (SSSR count). The second kappa shape index (κ2) is 5.58. The number of hydrogen-bond donors (Lipinski definition) is 1. The number of rotatable bonds is 6. The van der Waals surface area contributed by atoms with Crippen molar-refractivity contribution in [1.29, 1.82) is 0 Å².